The summed E-state index contributed by atoms with van der Waals surface area (Å²) in [4.78, 5) is 21.8. The molecule has 2 N–H and O–H groups in total. The Morgan fingerprint density at radius 2 is 2.19 bits per heavy atom. The number of carbonyl (C=O) groups excluding carboxylic acids is 1. The average Bonchev–Trinajstić information content (AvgIpc) is 2.76. The molecule has 0 atom stereocenters. The van der Waals surface area contributed by atoms with Crippen LogP contribution in [0, 0.1) is 13.8 Å². The van der Waals surface area contributed by atoms with Crippen molar-refractivity contribution in [1.29, 1.82) is 0 Å². The van der Waals surface area contributed by atoms with Crippen LogP contribution in [0.2, 0.25) is 5.02 Å². The number of carbonyl (C=O) groups is 1. The summed E-state index contributed by atoms with van der Waals surface area (Å²) in [5.74, 6) is 0.355. The molecular formula is C14H17ClN4OS. The number of hydrogen-bond donors (Lipinski definition) is 2. The Labute approximate surface area is 132 Å². The Bertz CT molecular complexity index is 637. The van der Waals surface area contributed by atoms with E-state index in [-0.39, 0.29) is 5.91 Å². The highest BCUT2D eigenvalue weighted by molar-refractivity contribution is 7.15. The smallest absolute Gasteiger partial charge is 0.259 e. The number of thiazole rings is 1. The SMILES string of the molecule is CCCNc1cc(C(=O)Nc2nc(C)c(C)s2)c(Cl)cn1. The highest BCUT2D eigenvalue weighted by Gasteiger charge is 2.14. The van der Waals surface area contributed by atoms with E-state index in [1.54, 1.807) is 6.07 Å². The van der Waals surface area contributed by atoms with Crippen LogP contribution in [0.3, 0.4) is 0 Å². The Morgan fingerprint density at radius 3 is 2.81 bits per heavy atom. The third-order valence-electron chi connectivity index (χ3n) is 2.91. The number of hydrogen-bond acceptors (Lipinski definition) is 5. The van der Waals surface area contributed by atoms with Gasteiger partial charge < -0.3 is 5.32 Å². The van der Waals surface area contributed by atoms with Crippen LogP contribution in [0.25, 0.3) is 0 Å². The predicted octanol–water partition coefficient (Wildman–Crippen LogP) is 3.88. The van der Waals surface area contributed by atoms with Crippen molar-refractivity contribution in [3.05, 3.63) is 33.4 Å². The number of nitrogens with zero attached hydrogens (tertiary/aromatic N) is 2. The number of amides is 1. The molecule has 1 amide bonds. The molecule has 112 valence electrons. The summed E-state index contributed by atoms with van der Waals surface area (Å²) < 4.78 is 0. The van der Waals surface area contributed by atoms with Crippen LogP contribution in [-0.2, 0) is 0 Å². The molecule has 0 unspecified atom stereocenters. The molecular weight excluding hydrogens is 308 g/mol. The third kappa shape index (κ3) is 3.92. The van der Waals surface area contributed by atoms with Gasteiger partial charge in [-0.3, -0.25) is 10.1 Å². The summed E-state index contributed by atoms with van der Waals surface area (Å²) in [6.07, 6.45) is 2.45. The second-order valence-electron chi connectivity index (χ2n) is 4.59. The van der Waals surface area contributed by atoms with Crippen LogP contribution in [0.15, 0.2) is 12.3 Å². The van der Waals surface area contributed by atoms with Crippen molar-refractivity contribution in [2.75, 3.05) is 17.2 Å². The van der Waals surface area contributed by atoms with Gasteiger partial charge in [0, 0.05) is 17.6 Å². The van der Waals surface area contributed by atoms with Gasteiger partial charge in [0.25, 0.3) is 5.91 Å². The number of rotatable bonds is 5. The molecule has 0 aliphatic heterocycles. The van der Waals surface area contributed by atoms with Crippen molar-refractivity contribution in [2.24, 2.45) is 0 Å². The van der Waals surface area contributed by atoms with Crippen LogP contribution in [-0.4, -0.2) is 22.4 Å². The number of pyridine rings is 1. The van der Waals surface area contributed by atoms with Gasteiger partial charge in [-0.1, -0.05) is 18.5 Å². The highest BCUT2D eigenvalue weighted by Crippen LogP contribution is 2.24. The van der Waals surface area contributed by atoms with Crippen LogP contribution in [0.4, 0.5) is 10.9 Å². The standard InChI is InChI=1S/C14H17ClN4OS/c1-4-5-16-12-6-10(11(15)7-17-12)13(20)19-14-18-8(2)9(3)21-14/h6-7H,4-5H2,1-3H3,(H,16,17)(H,18,19,20). The van der Waals surface area contributed by atoms with Gasteiger partial charge >= 0.3 is 0 Å². The molecule has 0 aliphatic carbocycles. The van der Waals surface area contributed by atoms with Crippen LogP contribution >= 0.6 is 22.9 Å². The van der Waals surface area contributed by atoms with E-state index in [2.05, 4.69) is 27.5 Å². The summed E-state index contributed by atoms with van der Waals surface area (Å²) in [5.41, 5.74) is 1.30. The van der Waals surface area contributed by atoms with Gasteiger partial charge in [0.1, 0.15) is 5.82 Å². The van der Waals surface area contributed by atoms with E-state index >= 15 is 0 Å². The van der Waals surface area contributed by atoms with Gasteiger partial charge in [0.15, 0.2) is 5.13 Å². The Balaban J connectivity index is 2.17. The molecule has 0 aliphatic rings. The third-order valence-corrected chi connectivity index (χ3v) is 4.19. The van der Waals surface area contributed by atoms with Gasteiger partial charge in [-0.25, -0.2) is 9.97 Å². The van der Waals surface area contributed by atoms with Crippen molar-refractivity contribution in [3.63, 3.8) is 0 Å². The summed E-state index contributed by atoms with van der Waals surface area (Å²) in [5, 5.41) is 6.80. The quantitative estimate of drug-likeness (QED) is 0.875. The molecule has 0 fully saturated rings. The predicted molar refractivity (Wildman–Crippen MR) is 87.6 cm³/mol. The zero-order valence-corrected chi connectivity index (χ0v) is 13.7. The van der Waals surface area contributed by atoms with Crippen LogP contribution in [0.1, 0.15) is 34.3 Å². The molecule has 2 aromatic rings. The topological polar surface area (TPSA) is 66.9 Å². The van der Waals surface area contributed by atoms with E-state index in [1.165, 1.54) is 17.5 Å². The van der Waals surface area contributed by atoms with Gasteiger partial charge in [0.05, 0.1) is 16.3 Å². The molecule has 0 saturated heterocycles. The van der Waals surface area contributed by atoms with Crippen LogP contribution in [0.5, 0.6) is 0 Å². The average molecular weight is 325 g/mol. The van der Waals surface area contributed by atoms with E-state index in [0.717, 1.165) is 23.5 Å². The van der Waals surface area contributed by atoms with Crippen molar-refractivity contribution in [3.8, 4) is 0 Å². The lowest BCUT2D eigenvalue weighted by Gasteiger charge is -2.08. The normalized spacial score (nSPS) is 10.5. The van der Waals surface area contributed by atoms with E-state index < -0.39 is 0 Å². The maximum absolute atomic E-state index is 12.3. The minimum atomic E-state index is -0.282. The fourth-order valence-corrected chi connectivity index (χ4v) is 2.65. The number of nitrogens with one attached hydrogen (secondary N) is 2. The van der Waals surface area contributed by atoms with Crippen LogP contribution < -0.4 is 10.6 Å². The van der Waals surface area contributed by atoms with E-state index in [1.807, 2.05) is 13.8 Å². The molecule has 2 rings (SSSR count). The minimum Gasteiger partial charge on any atom is -0.370 e. The molecule has 0 spiro atoms. The Kier molecular flexibility index (Phi) is 5.14. The first-order chi connectivity index (χ1) is 10.0. The maximum Gasteiger partial charge on any atom is 0.259 e. The lowest BCUT2D eigenvalue weighted by molar-refractivity contribution is 0.102. The molecule has 21 heavy (non-hydrogen) atoms. The van der Waals surface area contributed by atoms with Gasteiger partial charge in [-0.05, 0) is 26.3 Å². The zero-order chi connectivity index (χ0) is 15.4. The maximum atomic E-state index is 12.3. The first-order valence-corrected chi connectivity index (χ1v) is 7.85. The fourth-order valence-electron chi connectivity index (χ4n) is 1.65. The van der Waals surface area contributed by atoms with Gasteiger partial charge in [0.2, 0.25) is 0 Å². The van der Waals surface area contributed by atoms with Gasteiger partial charge in [-0.15, -0.1) is 11.3 Å². The highest BCUT2D eigenvalue weighted by atomic mass is 35.5. The first-order valence-electron chi connectivity index (χ1n) is 6.66. The van der Waals surface area contributed by atoms with Crippen molar-refractivity contribution in [2.45, 2.75) is 27.2 Å². The molecule has 0 aromatic carbocycles. The first kappa shape index (κ1) is 15.7. The van der Waals surface area contributed by atoms with Gasteiger partial charge in [-0.2, -0.15) is 0 Å². The van der Waals surface area contributed by atoms with E-state index in [9.17, 15) is 4.79 Å². The van der Waals surface area contributed by atoms with Crippen molar-refractivity contribution < 1.29 is 4.79 Å². The fraction of sp³-hybridized carbons (Fsp3) is 0.357. The number of anilines is 2. The molecule has 2 aromatic heterocycles. The summed E-state index contributed by atoms with van der Waals surface area (Å²) >= 11 is 7.50. The lowest BCUT2D eigenvalue weighted by Crippen LogP contribution is -2.13. The molecule has 5 nitrogen and oxygen atoms in total. The summed E-state index contributed by atoms with van der Waals surface area (Å²) in [6, 6.07) is 1.65. The molecule has 0 radical (unpaired) electrons. The van der Waals surface area contributed by atoms with E-state index in [4.69, 9.17) is 11.6 Å². The second-order valence-corrected chi connectivity index (χ2v) is 6.20. The lowest BCUT2D eigenvalue weighted by atomic mass is 10.2. The summed E-state index contributed by atoms with van der Waals surface area (Å²) in [7, 11) is 0. The number of aryl methyl sites for hydroxylation is 2. The molecule has 0 saturated carbocycles. The zero-order valence-electron chi connectivity index (χ0n) is 12.2. The Morgan fingerprint density at radius 1 is 1.43 bits per heavy atom. The molecule has 0 bridgehead atoms. The Hall–Kier alpha value is -1.66. The molecule has 2 heterocycles. The number of aromatic nitrogens is 2. The minimum absolute atomic E-state index is 0.282. The monoisotopic (exact) mass is 324 g/mol. The molecule has 7 heteroatoms. The van der Waals surface area contributed by atoms with Crippen molar-refractivity contribution in [1.82, 2.24) is 9.97 Å². The largest absolute Gasteiger partial charge is 0.370 e. The second kappa shape index (κ2) is 6.87. The number of halogens is 1. The summed E-state index contributed by atoms with van der Waals surface area (Å²) in [6.45, 7) is 6.73. The van der Waals surface area contributed by atoms with Crippen molar-refractivity contribution >= 4 is 39.8 Å². The van der Waals surface area contributed by atoms with E-state index in [0.29, 0.717) is 21.5 Å².